The third-order valence-corrected chi connectivity index (χ3v) is 3.02. The van der Waals surface area contributed by atoms with Gasteiger partial charge in [-0.25, -0.2) is 9.59 Å². The number of rotatable bonds is 5. The minimum atomic E-state index is -0.982. The molecule has 102 valence electrons. The van der Waals surface area contributed by atoms with E-state index in [-0.39, 0.29) is 12.0 Å². The molecule has 1 heterocycles. The quantitative estimate of drug-likeness (QED) is 0.621. The van der Waals surface area contributed by atoms with Gasteiger partial charge in [-0.3, -0.25) is 0 Å². The Kier molecular flexibility index (Phi) is 4.38. The molecule has 0 radical (unpaired) electrons. The number of hydrogen-bond donors (Lipinski definition) is 3. The summed E-state index contributed by atoms with van der Waals surface area (Å²) in [5.41, 5.74) is 0. The predicted octanol–water partition coefficient (Wildman–Crippen LogP) is -0.436. The van der Waals surface area contributed by atoms with Crippen LogP contribution in [0.1, 0.15) is 12.8 Å². The average Bonchev–Trinajstić information content (AvgIpc) is 3.18. The van der Waals surface area contributed by atoms with Crippen molar-refractivity contribution in [2.24, 2.45) is 5.92 Å². The second-order valence-corrected chi connectivity index (χ2v) is 4.58. The zero-order valence-corrected chi connectivity index (χ0v) is 10.1. The number of carboxylic acid groups (broad SMARTS) is 1. The van der Waals surface area contributed by atoms with Gasteiger partial charge in [-0.15, -0.1) is 0 Å². The van der Waals surface area contributed by atoms with E-state index >= 15 is 0 Å². The Morgan fingerprint density at radius 1 is 1.33 bits per heavy atom. The molecule has 0 aromatic rings. The molecule has 0 aromatic heterocycles. The Balaban J connectivity index is 1.68. The highest BCUT2D eigenvalue weighted by Crippen LogP contribution is 2.32. The molecule has 1 aliphatic carbocycles. The van der Waals surface area contributed by atoms with Crippen LogP contribution in [0.15, 0.2) is 0 Å². The fraction of sp³-hybridized carbons (Fsp3) is 0.818. The van der Waals surface area contributed by atoms with Crippen molar-refractivity contribution in [3.05, 3.63) is 0 Å². The summed E-state index contributed by atoms with van der Waals surface area (Å²) in [5, 5.41) is 14.0. The van der Waals surface area contributed by atoms with Crippen LogP contribution >= 0.6 is 0 Å². The lowest BCUT2D eigenvalue weighted by molar-refractivity contribution is -0.139. The van der Waals surface area contributed by atoms with Crippen LogP contribution in [-0.2, 0) is 14.3 Å². The maximum absolute atomic E-state index is 11.6. The minimum Gasteiger partial charge on any atom is -0.480 e. The Morgan fingerprint density at radius 2 is 2.11 bits per heavy atom. The molecule has 2 amide bonds. The molecule has 3 N–H and O–H groups in total. The van der Waals surface area contributed by atoms with Gasteiger partial charge in [-0.1, -0.05) is 0 Å². The van der Waals surface area contributed by atoms with Gasteiger partial charge in [0, 0.05) is 6.54 Å². The van der Waals surface area contributed by atoms with E-state index < -0.39 is 18.0 Å². The smallest absolute Gasteiger partial charge is 0.326 e. The molecule has 1 saturated heterocycles. The number of amides is 2. The Labute approximate surface area is 105 Å². The van der Waals surface area contributed by atoms with Crippen molar-refractivity contribution in [3.63, 3.8) is 0 Å². The number of carbonyl (C=O) groups excluding carboxylic acids is 1. The highest BCUT2D eigenvalue weighted by atomic mass is 16.6. The summed E-state index contributed by atoms with van der Waals surface area (Å²) in [5.74, 6) is -0.910. The summed E-state index contributed by atoms with van der Waals surface area (Å²) >= 11 is 0. The van der Waals surface area contributed by atoms with Crippen molar-refractivity contribution in [2.45, 2.75) is 25.0 Å². The van der Waals surface area contributed by atoms with Crippen LogP contribution in [-0.4, -0.2) is 55.6 Å². The first-order valence-corrected chi connectivity index (χ1v) is 6.13. The van der Waals surface area contributed by atoms with E-state index in [1.165, 1.54) is 0 Å². The van der Waals surface area contributed by atoms with Crippen molar-refractivity contribution >= 4 is 12.0 Å². The monoisotopic (exact) mass is 258 g/mol. The highest BCUT2D eigenvalue weighted by Gasteiger charge is 2.37. The molecule has 0 bridgehead atoms. The van der Waals surface area contributed by atoms with Crippen LogP contribution in [0, 0.1) is 5.92 Å². The van der Waals surface area contributed by atoms with Crippen molar-refractivity contribution in [3.8, 4) is 0 Å². The van der Waals surface area contributed by atoms with Gasteiger partial charge in [0.05, 0.1) is 25.9 Å². The van der Waals surface area contributed by atoms with Crippen LogP contribution < -0.4 is 10.6 Å². The lowest BCUT2D eigenvalue weighted by Gasteiger charge is -2.23. The summed E-state index contributed by atoms with van der Waals surface area (Å²) in [6.07, 6.45) is 1.56. The van der Waals surface area contributed by atoms with Gasteiger partial charge in [0.1, 0.15) is 6.04 Å². The van der Waals surface area contributed by atoms with Gasteiger partial charge >= 0.3 is 12.0 Å². The van der Waals surface area contributed by atoms with Crippen molar-refractivity contribution < 1.29 is 24.2 Å². The number of carboxylic acids is 1. The molecule has 0 spiro atoms. The fourth-order valence-electron chi connectivity index (χ4n) is 1.86. The lowest BCUT2D eigenvalue weighted by Crippen LogP contribution is -2.49. The average molecular weight is 258 g/mol. The summed E-state index contributed by atoms with van der Waals surface area (Å²) < 4.78 is 10.5. The van der Waals surface area contributed by atoms with Crippen molar-refractivity contribution in [1.29, 1.82) is 0 Å². The number of hydrogen-bond acceptors (Lipinski definition) is 4. The standard InChI is InChI=1S/C11H18N2O5/c14-10(15)9(7-1-2-7)13-11(16)12-5-8-6-17-3-4-18-8/h7-9H,1-6H2,(H,14,15)(H2,12,13,16). The Bertz CT molecular complexity index is 313. The molecule has 1 saturated carbocycles. The summed E-state index contributed by atoms with van der Waals surface area (Å²) in [6.45, 7) is 1.87. The van der Waals surface area contributed by atoms with Crippen molar-refractivity contribution in [2.75, 3.05) is 26.4 Å². The van der Waals surface area contributed by atoms with E-state index in [0.29, 0.717) is 26.4 Å². The predicted molar refractivity (Wildman–Crippen MR) is 61.2 cm³/mol. The third kappa shape index (κ3) is 3.85. The van der Waals surface area contributed by atoms with Crippen molar-refractivity contribution in [1.82, 2.24) is 10.6 Å². The molecule has 2 unspecified atom stereocenters. The normalized spacial score (nSPS) is 25.2. The Morgan fingerprint density at radius 3 is 2.67 bits per heavy atom. The zero-order valence-electron chi connectivity index (χ0n) is 10.1. The van der Waals surface area contributed by atoms with Crippen LogP contribution in [0.3, 0.4) is 0 Å². The molecule has 2 aliphatic rings. The van der Waals surface area contributed by atoms with E-state index in [9.17, 15) is 9.59 Å². The Hall–Kier alpha value is -1.34. The number of urea groups is 1. The first-order valence-electron chi connectivity index (χ1n) is 6.13. The zero-order chi connectivity index (χ0) is 13.0. The lowest BCUT2D eigenvalue weighted by atomic mass is 10.2. The summed E-state index contributed by atoms with van der Waals surface area (Å²) in [7, 11) is 0. The van der Waals surface area contributed by atoms with E-state index in [1.54, 1.807) is 0 Å². The molecule has 7 heteroatoms. The second-order valence-electron chi connectivity index (χ2n) is 4.58. The van der Waals surface area contributed by atoms with Gasteiger partial charge in [-0.2, -0.15) is 0 Å². The van der Waals surface area contributed by atoms with Gasteiger partial charge in [0.25, 0.3) is 0 Å². The third-order valence-electron chi connectivity index (χ3n) is 3.02. The fourth-order valence-corrected chi connectivity index (χ4v) is 1.86. The van der Waals surface area contributed by atoms with E-state index in [1.807, 2.05) is 0 Å². The molecule has 2 atom stereocenters. The molecule has 2 fully saturated rings. The molecule has 2 rings (SSSR count). The molecule has 7 nitrogen and oxygen atoms in total. The van der Waals surface area contributed by atoms with Gasteiger partial charge in [0.15, 0.2) is 0 Å². The number of ether oxygens (including phenoxy) is 2. The van der Waals surface area contributed by atoms with Crippen LogP contribution in [0.5, 0.6) is 0 Å². The first-order chi connectivity index (χ1) is 8.66. The molecular formula is C11H18N2O5. The molecule has 1 aliphatic heterocycles. The van der Waals surface area contributed by atoms with E-state index in [0.717, 1.165) is 12.8 Å². The SMILES string of the molecule is O=C(NCC1COCCO1)NC(C(=O)O)C1CC1. The highest BCUT2D eigenvalue weighted by molar-refractivity contribution is 5.83. The minimum absolute atomic E-state index is 0.0718. The maximum Gasteiger partial charge on any atom is 0.326 e. The molecular weight excluding hydrogens is 240 g/mol. The second kappa shape index (κ2) is 6.01. The topological polar surface area (TPSA) is 96.9 Å². The largest absolute Gasteiger partial charge is 0.480 e. The van der Waals surface area contributed by atoms with Crippen LogP contribution in [0.4, 0.5) is 4.79 Å². The number of nitrogens with one attached hydrogen (secondary N) is 2. The summed E-state index contributed by atoms with van der Waals surface area (Å²) in [6, 6.07) is -1.25. The number of carbonyl (C=O) groups is 2. The van der Waals surface area contributed by atoms with Crippen LogP contribution in [0.2, 0.25) is 0 Å². The first kappa shape index (κ1) is 13.1. The van der Waals surface area contributed by atoms with E-state index in [4.69, 9.17) is 14.6 Å². The van der Waals surface area contributed by atoms with Crippen LogP contribution in [0.25, 0.3) is 0 Å². The van der Waals surface area contributed by atoms with Gasteiger partial charge < -0.3 is 25.2 Å². The number of aliphatic carboxylic acids is 1. The molecule has 0 aromatic carbocycles. The van der Waals surface area contributed by atoms with E-state index in [2.05, 4.69) is 10.6 Å². The van der Waals surface area contributed by atoms with Gasteiger partial charge in [0.2, 0.25) is 0 Å². The molecule has 18 heavy (non-hydrogen) atoms. The summed E-state index contributed by atoms with van der Waals surface area (Å²) in [4.78, 5) is 22.5. The van der Waals surface area contributed by atoms with Gasteiger partial charge in [-0.05, 0) is 18.8 Å². The maximum atomic E-state index is 11.6.